The Hall–Kier alpha value is -1.20. The van der Waals surface area contributed by atoms with Crippen molar-refractivity contribution in [1.82, 2.24) is 5.32 Å². The minimum atomic E-state index is -2.77. The Morgan fingerprint density at radius 1 is 1.19 bits per heavy atom. The van der Waals surface area contributed by atoms with E-state index < -0.39 is 6.61 Å². The second-order valence-electron chi connectivity index (χ2n) is 5.19. The average molecular weight is 301 g/mol. The van der Waals surface area contributed by atoms with Crippen LogP contribution in [0.5, 0.6) is 5.75 Å². The molecular weight excluding hydrogens is 276 g/mol. The van der Waals surface area contributed by atoms with Gasteiger partial charge in [0.1, 0.15) is 5.75 Å². The number of benzene rings is 1. The molecule has 0 heterocycles. The zero-order valence-electron chi connectivity index (χ0n) is 12.9. The summed E-state index contributed by atoms with van der Waals surface area (Å²) in [4.78, 5) is 0. The normalized spacial score (nSPS) is 14.2. The van der Waals surface area contributed by atoms with E-state index >= 15 is 0 Å². The van der Waals surface area contributed by atoms with Gasteiger partial charge in [-0.05, 0) is 43.9 Å². The van der Waals surface area contributed by atoms with Crippen molar-refractivity contribution in [2.45, 2.75) is 51.8 Å². The highest BCUT2D eigenvalue weighted by Gasteiger charge is 2.10. The number of methoxy groups -OCH3 is 1. The summed E-state index contributed by atoms with van der Waals surface area (Å²) in [5.41, 5.74) is 1.12. The predicted molar refractivity (Wildman–Crippen MR) is 79.9 cm³/mol. The van der Waals surface area contributed by atoms with Gasteiger partial charge in [-0.1, -0.05) is 19.1 Å². The number of halogens is 2. The first-order chi connectivity index (χ1) is 10.0. The molecule has 0 aromatic heterocycles. The third-order valence-corrected chi connectivity index (χ3v) is 3.40. The van der Waals surface area contributed by atoms with E-state index in [1.54, 1.807) is 19.2 Å². The second kappa shape index (κ2) is 9.68. The van der Waals surface area contributed by atoms with Crippen molar-refractivity contribution in [2.24, 2.45) is 0 Å². The maximum absolute atomic E-state index is 12.1. The molecule has 0 saturated carbocycles. The van der Waals surface area contributed by atoms with Gasteiger partial charge in [0.05, 0.1) is 6.61 Å². The molecule has 21 heavy (non-hydrogen) atoms. The zero-order valence-corrected chi connectivity index (χ0v) is 12.9. The highest BCUT2D eigenvalue weighted by Crippen LogP contribution is 2.16. The first-order valence-corrected chi connectivity index (χ1v) is 7.33. The third kappa shape index (κ3) is 7.39. The standard InChI is InChI=1S/C16H25F2NO2/c1-4-14(11-20-3)19-12(2)5-6-13-7-9-15(10-8-13)21-16(17)18/h7-10,12,14,16,19H,4-6,11H2,1-3H3. The Morgan fingerprint density at radius 2 is 1.86 bits per heavy atom. The highest BCUT2D eigenvalue weighted by molar-refractivity contribution is 5.27. The molecule has 0 bridgehead atoms. The van der Waals surface area contributed by atoms with E-state index in [1.165, 1.54) is 0 Å². The maximum atomic E-state index is 12.1. The lowest BCUT2D eigenvalue weighted by Gasteiger charge is -2.21. The lowest BCUT2D eigenvalue weighted by atomic mass is 10.0. The van der Waals surface area contributed by atoms with Gasteiger partial charge in [0.15, 0.2) is 0 Å². The van der Waals surface area contributed by atoms with Gasteiger partial charge in [0, 0.05) is 19.2 Å². The van der Waals surface area contributed by atoms with E-state index in [0.717, 1.165) is 24.8 Å². The van der Waals surface area contributed by atoms with Crippen molar-refractivity contribution in [2.75, 3.05) is 13.7 Å². The summed E-state index contributed by atoms with van der Waals surface area (Å²) in [5.74, 6) is 0.200. The van der Waals surface area contributed by atoms with E-state index in [0.29, 0.717) is 18.7 Å². The Balaban J connectivity index is 2.36. The van der Waals surface area contributed by atoms with E-state index in [9.17, 15) is 8.78 Å². The fourth-order valence-electron chi connectivity index (χ4n) is 2.19. The smallest absolute Gasteiger partial charge is 0.387 e. The third-order valence-electron chi connectivity index (χ3n) is 3.40. The molecule has 1 aromatic rings. The monoisotopic (exact) mass is 301 g/mol. The number of rotatable bonds is 10. The van der Waals surface area contributed by atoms with Crippen LogP contribution in [0, 0.1) is 0 Å². The molecule has 0 aliphatic rings. The van der Waals surface area contributed by atoms with Gasteiger partial charge in [-0.25, -0.2) is 0 Å². The zero-order chi connectivity index (χ0) is 15.7. The van der Waals surface area contributed by atoms with E-state index in [2.05, 4.69) is 23.9 Å². The molecule has 0 aliphatic heterocycles. The number of nitrogens with one attached hydrogen (secondary N) is 1. The van der Waals surface area contributed by atoms with Crippen LogP contribution in [0.25, 0.3) is 0 Å². The van der Waals surface area contributed by atoms with Crippen LogP contribution >= 0.6 is 0 Å². The first kappa shape index (κ1) is 17.9. The molecule has 120 valence electrons. The first-order valence-electron chi connectivity index (χ1n) is 7.33. The van der Waals surface area contributed by atoms with Gasteiger partial charge >= 0.3 is 6.61 Å². The van der Waals surface area contributed by atoms with Gasteiger partial charge in [-0.3, -0.25) is 0 Å². The molecule has 2 atom stereocenters. The van der Waals surface area contributed by atoms with Gasteiger partial charge < -0.3 is 14.8 Å². The van der Waals surface area contributed by atoms with Crippen LogP contribution < -0.4 is 10.1 Å². The van der Waals surface area contributed by atoms with Crippen LogP contribution in [0.2, 0.25) is 0 Å². The van der Waals surface area contributed by atoms with E-state index in [-0.39, 0.29) is 5.75 Å². The van der Waals surface area contributed by atoms with Crippen molar-refractivity contribution in [3.63, 3.8) is 0 Å². The Labute approximate surface area is 125 Å². The van der Waals surface area contributed by atoms with Gasteiger partial charge in [0.25, 0.3) is 0 Å². The molecule has 0 saturated heterocycles. The Kier molecular flexibility index (Phi) is 8.23. The number of alkyl halides is 2. The van der Waals surface area contributed by atoms with Gasteiger partial charge in [0.2, 0.25) is 0 Å². The largest absolute Gasteiger partial charge is 0.435 e. The Bertz CT molecular complexity index is 384. The molecule has 2 unspecified atom stereocenters. The van der Waals surface area contributed by atoms with Crippen molar-refractivity contribution in [3.05, 3.63) is 29.8 Å². The van der Waals surface area contributed by atoms with E-state index in [1.807, 2.05) is 12.1 Å². The van der Waals surface area contributed by atoms with Crippen LogP contribution in [0.4, 0.5) is 8.78 Å². The number of hydrogen-bond donors (Lipinski definition) is 1. The van der Waals surface area contributed by atoms with Crippen LogP contribution in [0.1, 0.15) is 32.3 Å². The second-order valence-corrected chi connectivity index (χ2v) is 5.19. The fourth-order valence-corrected chi connectivity index (χ4v) is 2.19. The van der Waals surface area contributed by atoms with Gasteiger partial charge in [-0.15, -0.1) is 0 Å². The summed E-state index contributed by atoms with van der Waals surface area (Å²) in [6, 6.07) is 7.57. The van der Waals surface area contributed by atoms with Crippen molar-refractivity contribution >= 4 is 0 Å². The molecule has 0 amide bonds. The molecule has 0 aliphatic carbocycles. The Morgan fingerprint density at radius 3 is 2.38 bits per heavy atom. The van der Waals surface area contributed by atoms with Crippen LogP contribution in [-0.2, 0) is 11.2 Å². The van der Waals surface area contributed by atoms with Crippen molar-refractivity contribution < 1.29 is 18.3 Å². The molecule has 1 N–H and O–H groups in total. The fraction of sp³-hybridized carbons (Fsp3) is 0.625. The molecule has 5 heteroatoms. The molecule has 3 nitrogen and oxygen atoms in total. The van der Waals surface area contributed by atoms with Crippen LogP contribution in [0.15, 0.2) is 24.3 Å². The summed E-state index contributed by atoms with van der Waals surface area (Å²) in [7, 11) is 1.71. The molecule has 0 fully saturated rings. The van der Waals surface area contributed by atoms with Crippen LogP contribution in [0.3, 0.4) is 0 Å². The topological polar surface area (TPSA) is 30.5 Å². The molecule has 1 rings (SSSR count). The number of ether oxygens (including phenoxy) is 2. The summed E-state index contributed by atoms with van der Waals surface area (Å²) < 4.78 is 33.6. The predicted octanol–water partition coefficient (Wildman–Crippen LogP) is 3.62. The average Bonchev–Trinajstić information content (AvgIpc) is 2.45. The van der Waals surface area contributed by atoms with E-state index in [4.69, 9.17) is 4.74 Å². The lowest BCUT2D eigenvalue weighted by Crippen LogP contribution is -2.39. The minimum Gasteiger partial charge on any atom is -0.435 e. The summed E-state index contributed by atoms with van der Waals surface area (Å²) in [6.07, 6.45) is 2.90. The molecular formula is C16H25F2NO2. The maximum Gasteiger partial charge on any atom is 0.387 e. The highest BCUT2D eigenvalue weighted by atomic mass is 19.3. The molecule has 0 spiro atoms. The SMILES string of the molecule is CCC(COC)NC(C)CCc1ccc(OC(F)F)cc1. The summed E-state index contributed by atoms with van der Waals surface area (Å²) >= 11 is 0. The quantitative estimate of drug-likeness (QED) is 0.716. The molecule has 0 radical (unpaired) electrons. The number of aryl methyl sites for hydroxylation is 1. The number of hydrogen-bond acceptors (Lipinski definition) is 3. The minimum absolute atomic E-state index is 0.200. The van der Waals surface area contributed by atoms with Crippen molar-refractivity contribution in [3.8, 4) is 5.75 Å². The molecule has 1 aromatic carbocycles. The van der Waals surface area contributed by atoms with Crippen molar-refractivity contribution in [1.29, 1.82) is 0 Å². The van der Waals surface area contributed by atoms with Crippen LogP contribution in [-0.4, -0.2) is 32.4 Å². The van der Waals surface area contributed by atoms with Gasteiger partial charge in [-0.2, -0.15) is 8.78 Å². The summed E-state index contributed by atoms with van der Waals surface area (Å²) in [5, 5.41) is 3.53. The summed E-state index contributed by atoms with van der Waals surface area (Å²) in [6.45, 7) is 2.21. The lowest BCUT2D eigenvalue weighted by molar-refractivity contribution is -0.0498.